The summed E-state index contributed by atoms with van der Waals surface area (Å²) in [5.41, 5.74) is 6.03. The van der Waals surface area contributed by atoms with Crippen LogP contribution in [0.3, 0.4) is 0 Å². The lowest BCUT2D eigenvalue weighted by molar-refractivity contribution is -0.137. The molecule has 1 amide bonds. The molecule has 0 spiro atoms. The molecule has 0 fully saturated rings. The lowest BCUT2D eigenvalue weighted by Crippen LogP contribution is -2.30. The molecule has 2 aromatic rings. The Morgan fingerprint density at radius 3 is 2.46 bits per heavy atom. The highest BCUT2D eigenvalue weighted by Crippen LogP contribution is 2.31. The predicted octanol–water partition coefficient (Wildman–Crippen LogP) is 3.71. The smallest absolute Gasteiger partial charge is 0.416 e. The molecule has 0 aliphatic carbocycles. The van der Waals surface area contributed by atoms with Gasteiger partial charge in [0.05, 0.1) is 12.1 Å². The van der Waals surface area contributed by atoms with Crippen LogP contribution in [0.1, 0.15) is 23.6 Å². The van der Waals surface area contributed by atoms with Crippen LogP contribution >= 0.6 is 12.4 Å². The molecule has 1 atom stereocenters. The minimum absolute atomic E-state index is 0. The number of ether oxygens (including phenoxy) is 1. The molecular formula is C18H20ClF3N2O2. The molecule has 0 aliphatic heterocycles. The summed E-state index contributed by atoms with van der Waals surface area (Å²) in [5, 5.41) is 2.63. The number of nitrogens with one attached hydrogen (secondary N) is 1. The van der Waals surface area contributed by atoms with E-state index in [9.17, 15) is 18.0 Å². The van der Waals surface area contributed by atoms with Crippen molar-refractivity contribution in [2.24, 2.45) is 5.73 Å². The molecule has 0 aliphatic rings. The van der Waals surface area contributed by atoms with Crippen molar-refractivity contribution in [2.45, 2.75) is 18.6 Å². The molecule has 4 nitrogen and oxygen atoms in total. The van der Waals surface area contributed by atoms with Crippen molar-refractivity contribution in [3.63, 3.8) is 0 Å². The summed E-state index contributed by atoms with van der Waals surface area (Å²) in [4.78, 5) is 11.8. The first kappa shape index (κ1) is 21.8. The second kappa shape index (κ2) is 10.0. The van der Waals surface area contributed by atoms with E-state index in [0.29, 0.717) is 0 Å². The van der Waals surface area contributed by atoms with Crippen LogP contribution < -0.4 is 15.8 Å². The highest BCUT2D eigenvalue weighted by molar-refractivity contribution is 5.85. The van der Waals surface area contributed by atoms with E-state index < -0.39 is 17.8 Å². The number of amides is 1. The number of halogens is 4. The van der Waals surface area contributed by atoms with E-state index in [4.69, 9.17) is 10.5 Å². The van der Waals surface area contributed by atoms with Gasteiger partial charge in [-0.2, -0.15) is 13.2 Å². The van der Waals surface area contributed by atoms with Crippen molar-refractivity contribution in [3.05, 3.63) is 65.7 Å². The molecule has 2 rings (SSSR count). The van der Waals surface area contributed by atoms with Gasteiger partial charge in [-0.3, -0.25) is 4.79 Å². The predicted molar refractivity (Wildman–Crippen MR) is 95.2 cm³/mol. The van der Waals surface area contributed by atoms with Gasteiger partial charge < -0.3 is 15.8 Å². The summed E-state index contributed by atoms with van der Waals surface area (Å²) in [7, 11) is 0. The maximum atomic E-state index is 12.6. The Morgan fingerprint density at radius 2 is 1.81 bits per heavy atom. The second-order valence-electron chi connectivity index (χ2n) is 5.45. The van der Waals surface area contributed by atoms with E-state index in [0.717, 1.165) is 17.7 Å². The summed E-state index contributed by atoms with van der Waals surface area (Å²) in [6.45, 7) is 0.240. The van der Waals surface area contributed by atoms with Crippen molar-refractivity contribution >= 4 is 18.3 Å². The van der Waals surface area contributed by atoms with E-state index >= 15 is 0 Å². The zero-order valence-corrected chi connectivity index (χ0v) is 14.6. The normalized spacial score (nSPS) is 12.0. The van der Waals surface area contributed by atoms with E-state index in [2.05, 4.69) is 5.32 Å². The van der Waals surface area contributed by atoms with Crippen LogP contribution in [0.4, 0.5) is 13.2 Å². The molecule has 0 saturated carbocycles. The van der Waals surface area contributed by atoms with Gasteiger partial charge in [0.1, 0.15) is 12.4 Å². The first-order chi connectivity index (χ1) is 11.9. The molecule has 26 heavy (non-hydrogen) atoms. The number of hydrogen-bond acceptors (Lipinski definition) is 3. The maximum absolute atomic E-state index is 12.6. The number of carbonyl (C=O) groups excluding carboxylic acids is 1. The van der Waals surface area contributed by atoms with Gasteiger partial charge in [0, 0.05) is 12.5 Å². The van der Waals surface area contributed by atoms with E-state index in [1.165, 1.54) is 12.1 Å². The van der Waals surface area contributed by atoms with E-state index in [1.807, 2.05) is 30.3 Å². The van der Waals surface area contributed by atoms with Crippen LogP contribution in [0.5, 0.6) is 5.75 Å². The third kappa shape index (κ3) is 6.93. The Morgan fingerprint density at radius 1 is 1.12 bits per heavy atom. The Hall–Kier alpha value is -2.25. The van der Waals surface area contributed by atoms with E-state index in [-0.39, 0.29) is 43.6 Å². The van der Waals surface area contributed by atoms with Crippen LogP contribution in [0.2, 0.25) is 0 Å². The third-order valence-electron chi connectivity index (χ3n) is 3.49. The van der Waals surface area contributed by atoms with Gasteiger partial charge >= 0.3 is 6.18 Å². The Bertz CT molecular complexity index is 696. The van der Waals surface area contributed by atoms with Crippen LogP contribution in [0.15, 0.2) is 54.6 Å². The van der Waals surface area contributed by atoms with Gasteiger partial charge in [0.2, 0.25) is 5.91 Å². The Balaban J connectivity index is 0.00000338. The molecule has 142 valence electrons. The summed E-state index contributed by atoms with van der Waals surface area (Å²) in [6, 6.07) is 13.4. The van der Waals surface area contributed by atoms with Gasteiger partial charge in [-0.05, 0) is 23.8 Å². The van der Waals surface area contributed by atoms with Crippen molar-refractivity contribution in [1.82, 2.24) is 5.32 Å². The van der Waals surface area contributed by atoms with Crippen LogP contribution in [-0.4, -0.2) is 19.1 Å². The standard InChI is InChI=1S/C18H19F3N2O2.ClH/c19-18(20,21)14-7-4-8-15(11-14)25-10-9-23-17(24)12-16(22)13-5-2-1-3-6-13;/h1-8,11,16H,9-10,12,22H2,(H,23,24);1H. The van der Waals surface area contributed by atoms with E-state index in [1.54, 1.807) is 0 Å². The van der Waals surface area contributed by atoms with Gasteiger partial charge in [-0.1, -0.05) is 36.4 Å². The highest BCUT2D eigenvalue weighted by Gasteiger charge is 2.30. The minimum Gasteiger partial charge on any atom is -0.492 e. The first-order valence-electron chi connectivity index (χ1n) is 7.73. The van der Waals surface area contributed by atoms with Crippen LogP contribution in [0, 0.1) is 0 Å². The molecule has 0 heterocycles. The molecule has 1 unspecified atom stereocenters. The molecule has 0 aromatic heterocycles. The summed E-state index contributed by atoms with van der Waals surface area (Å²) < 4.78 is 43.0. The minimum atomic E-state index is -4.42. The molecule has 2 aromatic carbocycles. The van der Waals surface area contributed by atoms with Crippen molar-refractivity contribution in [2.75, 3.05) is 13.2 Å². The number of rotatable bonds is 7. The average molecular weight is 389 g/mol. The summed E-state index contributed by atoms with van der Waals surface area (Å²) >= 11 is 0. The molecule has 0 bridgehead atoms. The maximum Gasteiger partial charge on any atom is 0.416 e. The fraction of sp³-hybridized carbons (Fsp3) is 0.278. The van der Waals surface area contributed by atoms with Crippen LogP contribution in [0.25, 0.3) is 0 Å². The highest BCUT2D eigenvalue weighted by atomic mass is 35.5. The molecular weight excluding hydrogens is 369 g/mol. The summed E-state index contributed by atoms with van der Waals surface area (Å²) in [5.74, 6) is -0.144. The lowest BCUT2D eigenvalue weighted by atomic mass is 10.0. The number of nitrogens with two attached hydrogens (primary N) is 1. The average Bonchev–Trinajstić information content (AvgIpc) is 2.59. The van der Waals surface area contributed by atoms with Crippen molar-refractivity contribution in [3.8, 4) is 5.75 Å². The fourth-order valence-corrected chi connectivity index (χ4v) is 2.21. The monoisotopic (exact) mass is 388 g/mol. The number of carbonyl (C=O) groups is 1. The quantitative estimate of drug-likeness (QED) is 0.711. The van der Waals surface area contributed by atoms with Gasteiger partial charge in [-0.15, -0.1) is 12.4 Å². The molecule has 0 saturated heterocycles. The molecule has 8 heteroatoms. The Kier molecular flexibility index (Phi) is 8.41. The topological polar surface area (TPSA) is 64.4 Å². The molecule has 3 N–H and O–H groups in total. The SMILES string of the molecule is Cl.NC(CC(=O)NCCOc1cccc(C(F)(F)F)c1)c1ccccc1. The zero-order valence-electron chi connectivity index (χ0n) is 13.8. The summed E-state index contributed by atoms with van der Waals surface area (Å²) in [6.07, 6.45) is -4.30. The van der Waals surface area contributed by atoms with Gasteiger partial charge in [0.15, 0.2) is 0 Å². The van der Waals surface area contributed by atoms with Crippen LogP contribution in [-0.2, 0) is 11.0 Å². The van der Waals surface area contributed by atoms with Crippen molar-refractivity contribution < 1.29 is 22.7 Å². The molecule has 0 radical (unpaired) electrons. The Labute approximate surface area is 155 Å². The number of benzene rings is 2. The number of hydrogen-bond donors (Lipinski definition) is 2. The van der Waals surface area contributed by atoms with Crippen molar-refractivity contribution in [1.29, 1.82) is 0 Å². The zero-order chi connectivity index (χ0) is 18.3. The van der Waals surface area contributed by atoms with Gasteiger partial charge in [-0.25, -0.2) is 0 Å². The number of alkyl halides is 3. The largest absolute Gasteiger partial charge is 0.492 e. The lowest BCUT2D eigenvalue weighted by Gasteiger charge is -2.13. The fourth-order valence-electron chi connectivity index (χ4n) is 2.21. The third-order valence-corrected chi connectivity index (χ3v) is 3.49. The van der Waals surface area contributed by atoms with Gasteiger partial charge in [0.25, 0.3) is 0 Å². The second-order valence-corrected chi connectivity index (χ2v) is 5.45. The first-order valence-corrected chi connectivity index (χ1v) is 7.73.